The van der Waals surface area contributed by atoms with Gasteiger partial charge in [0.2, 0.25) is 0 Å². The second-order valence-corrected chi connectivity index (χ2v) is 7.94. The van der Waals surface area contributed by atoms with Crippen LogP contribution in [0.15, 0.2) is 72.8 Å². The zero-order valence-corrected chi connectivity index (χ0v) is 18.3. The number of rotatable bonds is 5. The number of ether oxygens (including phenoxy) is 2. The van der Waals surface area contributed by atoms with Gasteiger partial charge in [0.15, 0.2) is 0 Å². The van der Waals surface area contributed by atoms with Gasteiger partial charge in [0.05, 0.1) is 19.8 Å². The van der Waals surface area contributed by atoms with Crippen LogP contribution in [-0.4, -0.2) is 36.1 Å². The van der Waals surface area contributed by atoms with Crippen molar-refractivity contribution in [2.45, 2.75) is 19.4 Å². The van der Waals surface area contributed by atoms with Crippen LogP contribution in [-0.2, 0) is 6.42 Å². The summed E-state index contributed by atoms with van der Waals surface area (Å²) in [7, 11) is 1.63. The molecule has 0 saturated carbocycles. The SMILES string of the molecule is CCOc1ccc(C2c3[nH]c4ccccc4c3CCN2C(=O)c2ccc(OC)cc2)cc1. The summed E-state index contributed by atoms with van der Waals surface area (Å²) in [6.07, 6.45) is 0.814. The molecule has 162 valence electrons. The number of aromatic nitrogens is 1. The van der Waals surface area contributed by atoms with E-state index in [2.05, 4.69) is 35.3 Å². The lowest BCUT2D eigenvalue weighted by molar-refractivity contribution is 0.0692. The number of nitrogens with zero attached hydrogens (tertiary/aromatic N) is 1. The number of carbonyl (C=O) groups is 1. The summed E-state index contributed by atoms with van der Waals surface area (Å²) in [6.45, 7) is 3.25. The van der Waals surface area contributed by atoms with Crippen molar-refractivity contribution in [1.29, 1.82) is 0 Å². The van der Waals surface area contributed by atoms with E-state index in [0.717, 1.165) is 34.7 Å². The molecule has 1 aliphatic heterocycles. The first kappa shape index (κ1) is 20.2. The molecule has 0 aliphatic carbocycles. The summed E-state index contributed by atoms with van der Waals surface area (Å²) in [6, 6.07) is 23.6. The molecule has 1 aromatic heterocycles. The molecule has 3 aromatic carbocycles. The van der Waals surface area contributed by atoms with Gasteiger partial charge in [-0.05, 0) is 66.9 Å². The van der Waals surface area contributed by atoms with E-state index in [4.69, 9.17) is 9.47 Å². The van der Waals surface area contributed by atoms with Crippen LogP contribution in [0.5, 0.6) is 11.5 Å². The first-order valence-corrected chi connectivity index (χ1v) is 11.0. The molecule has 0 bridgehead atoms. The fourth-order valence-corrected chi connectivity index (χ4v) is 4.62. The maximum atomic E-state index is 13.6. The molecule has 2 heterocycles. The molecule has 0 spiro atoms. The van der Waals surface area contributed by atoms with Crippen molar-refractivity contribution >= 4 is 16.8 Å². The second-order valence-electron chi connectivity index (χ2n) is 7.94. The van der Waals surface area contributed by atoms with Crippen molar-refractivity contribution in [2.75, 3.05) is 20.3 Å². The molecule has 1 amide bonds. The lowest BCUT2D eigenvalue weighted by Crippen LogP contribution is -2.40. The van der Waals surface area contributed by atoms with Gasteiger partial charge in [-0.1, -0.05) is 30.3 Å². The highest BCUT2D eigenvalue weighted by Gasteiger charge is 2.35. The fraction of sp³-hybridized carbons (Fsp3) is 0.222. The highest BCUT2D eigenvalue weighted by Crippen LogP contribution is 2.39. The fourth-order valence-electron chi connectivity index (χ4n) is 4.62. The number of carbonyl (C=O) groups excluding carboxylic acids is 1. The Morgan fingerprint density at radius 2 is 1.72 bits per heavy atom. The highest BCUT2D eigenvalue weighted by atomic mass is 16.5. The minimum atomic E-state index is -0.198. The quantitative estimate of drug-likeness (QED) is 0.467. The average molecular weight is 427 g/mol. The lowest BCUT2D eigenvalue weighted by atomic mass is 9.91. The van der Waals surface area contributed by atoms with Gasteiger partial charge in [-0.15, -0.1) is 0 Å². The van der Waals surface area contributed by atoms with Gasteiger partial charge in [0.1, 0.15) is 11.5 Å². The standard InChI is InChI=1S/C27H26N2O3/c1-3-32-21-14-8-18(9-15-21)26-25-23(22-6-4-5-7-24(22)28-25)16-17-29(26)27(30)19-10-12-20(31-2)13-11-19/h4-15,26,28H,3,16-17H2,1-2H3. The highest BCUT2D eigenvalue weighted by molar-refractivity contribution is 5.95. The van der Waals surface area contributed by atoms with Crippen LogP contribution < -0.4 is 9.47 Å². The van der Waals surface area contributed by atoms with E-state index < -0.39 is 0 Å². The molecule has 1 N–H and O–H groups in total. The number of fused-ring (bicyclic) bond motifs is 3. The van der Waals surface area contributed by atoms with Crippen molar-refractivity contribution in [3.05, 3.63) is 95.2 Å². The molecule has 0 saturated heterocycles. The summed E-state index contributed by atoms with van der Waals surface area (Å²) in [4.78, 5) is 19.2. The van der Waals surface area contributed by atoms with Gasteiger partial charge in [-0.3, -0.25) is 4.79 Å². The molecule has 5 heteroatoms. The van der Waals surface area contributed by atoms with Crippen LogP contribution in [0.1, 0.15) is 40.1 Å². The monoisotopic (exact) mass is 426 g/mol. The Bertz CT molecular complexity index is 1240. The normalized spacial score (nSPS) is 15.4. The number of methoxy groups -OCH3 is 1. The minimum Gasteiger partial charge on any atom is -0.497 e. The Balaban J connectivity index is 1.59. The summed E-state index contributed by atoms with van der Waals surface area (Å²) in [5, 5.41) is 1.23. The van der Waals surface area contributed by atoms with E-state index >= 15 is 0 Å². The molecule has 4 aromatic rings. The molecule has 1 atom stereocenters. The van der Waals surface area contributed by atoms with Crippen molar-refractivity contribution in [1.82, 2.24) is 9.88 Å². The number of amides is 1. The van der Waals surface area contributed by atoms with E-state index in [1.165, 1.54) is 10.9 Å². The predicted molar refractivity (Wildman–Crippen MR) is 125 cm³/mol. The number of nitrogens with one attached hydrogen (secondary N) is 1. The molecule has 32 heavy (non-hydrogen) atoms. The summed E-state index contributed by atoms with van der Waals surface area (Å²) < 4.78 is 10.9. The summed E-state index contributed by atoms with van der Waals surface area (Å²) in [5.74, 6) is 1.58. The van der Waals surface area contributed by atoms with Crippen LogP contribution >= 0.6 is 0 Å². The first-order chi connectivity index (χ1) is 15.7. The average Bonchev–Trinajstić information content (AvgIpc) is 3.22. The lowest BCUT2D eigenvalue weighted by Gasteiger charge is -2.36. The van der Waals surface area contributed by atoms with Crippen LogP contribution in [0.3, 0.4) is 0 Å². The minimum absolute atomic E-state index is 0.0100. The number of H-pyrrole nitrogens is 1. The van der Waals surface area contributed by atoms with Crippen molar-refractivity contribution in [2.24, 2.45) is 0 Å². The largest absolute Gasteiger partial charge is 0.497 e. The van der Waals surface area contributed by atoms with Gasteiger partial charge in [0, 0.05) is 28.7 Å². The van der Waals surface area contributed by atoms with E-state index in [-0.39, 0.29) is 11.9 Å². The van der Waals surface area contributed by atoms with Crippen LogP contribution in [0, 0.1) is 0 Å². The van der Waals surface area contributed by atoms with Gasteiger partial charge in [-0.2, -0.15) is 0 Å². The van der Waals surface area contributed by atoms with Crippen LogP contribution in [0.25, 0.3) is 10.9 Å². The first-order valence-electron chi connectivity index (χ1n) is 11.0. The number of benzene rings is 3. The summed E-state index contributed by atoms with van der Waals surface area (Å²) >= 11 is 0. The van der Waals surface area contributed by atoms with Gasteiger partial charge in [0.25, 0.3) is 5.91 Å². The molecular formula is C27H26N2O3. The van der Waals surface area contributed by atoms with E-state index in [1.54, 1.807) is 7.11 Å². The van der Waals surface area contributed by atoms with E-state index in [1.807, 2.05) is 54.3 Å². The predicted octanol–water partition coefficient (Wildman–Crippen LogP) is 5.36. The number of aromatic amines is 1. The van der Waals surface area contributed by atoms with Crippen molar-refractivity contribution in [3.63, 3.8) is 0 Å². The third-order valence-corrected chi connectivity index (χ3v) is 6.14. The molecule has 0 fully saturated rings. The summed E-state index contributed by atoms with van der Waals surface area (Å²) in [5.41, 5.74) is 5.19. The number of hydrogen-bond acceptors (Lipinski definition) is 3. The van der Waals surface area contributed by atoms with Crippen LogP contribution in [0.4, 0.5) is 0 Å². The topological polar surface area (TPSA) is 54.6 Å². The van der Waals surface area contributed by atoms with Crippen molar-refractivity contribution in [3.8, 4) is 11.5 Å². The van der Waals surface area contributed by atoms with Gasteiger partial charge in [-0.25, -0.2) is 0 Å². The molecule has 0 radical (unpaired) electrons. The third kappa shape index (κ3) is 3.50. The van der Waals surface area contributed by atoms with Gasteiger partial charge < -0.3 is 19.4 Å². The maximum absolute atomic E-state index is 13.6. The van der Waals surface area contributed by atoms with Gasteiger partial charge >= 0.3 is 0 Å². The van der Waals surface area contributed by atoms with E-state index in [0.29, 0.717) is 18.7 Å². The smallest absolute Gasteiger partial charge is 0.254 e. The molecule has 1 aliphatic rings. The Morgan fingerprint density at radius 1 is 1.00 bits per heavy atom. The Kier molecular flexibility index (Phi) is 5.31. The van der Waals surface area contributed by atoms with Crippen LogP contribution in [0.2, 0.25) is 0 Å². The molecular weight excluding hydrogens is 400 g/mol. The Morgan fingerprint density at radius 3 is 2.44 bits per heavy atom. The zero-order valence-electron chi connectivity index (χ0n) is 18.3. The molecule has 1 unspecified atom stereocenters. The maximum Gasteiger partial charge on any atom is 0.254 e. The third-order valence-electron chi connectivity index (χ3n) is 6.14. The van der Waals surface area contributed by atoms with Crippen molar-refractivity contribution < 1.29 is 14.3 Å². The Hall–Kier alpha value is -3.73. The van der Waals surface area contributed by atoms with E-state index in [9.17, 15) is 4.79 Å². The number of para-hydroxylation sites is 1. The Labute approximate surface area is 187 Å². The molecule has 5 rings (SSSR count). The second kappa shape index (κ2) is 8.42. The zero-order chi connectivity index (χ0) is 22.1. The molecule has 5 nitrogen and oxygen atoms in total. The number of hydrogen-bond donors (Lipinski definition) is 1.